The van der Waals surface area contributed by atoms with E-state index in [1.165, 1.54) is 0 Å². The summed E-state index contributed by atoms with van der Waals surface area (Å²) < 4.78 is 0. The van der Waals surface area contributed by atoms with Crippen molar-refractivity contribution in [2.45, 2.75) is 115 Å². The van der Waals surface area contributed by atoms with Gasteiger partial charge in [-0.25, -0.2) is 0 Å². The van der Waals surface area contributed by atoms with Crippen molar-refractivity contribution in [1.82, 2.24) is 36.8 Å². The van der Waals surface area contributed by atoms with Crippen LogP contribution in [0.2, 0.25) is 0 Å². The monoisotopic (exact) mass is 816 g/mol. The zero-order valence-electron chi connectivity index (χ0n) is 33.7. The van der Waals surface area contributed by atoms with Crippen LogP contribution < -0.4 is 49.1 Å². The molecule has 1 aliphatic heterocycles. The van der Waals surface area contributed by atoms with Gasteiger partial charge in [0.25, 0.3) is 0 Å². The molecule has 2 rings (SSSR count). The Morgan fingerprint density at radius 3 is 1.84 bits per heavy atom. The second-order valence-electron chi connectivity index (χ2n) is 15.1. The van der Waals surface area contributed by atoms with E-state index in [4.69, 9.17) is 17.2 Å². The van der Waals surface area contributed by atoms with Crippen molar-refractivity contribution in [3.8, 4) is 0 Å². The number of carbonyl (C=O) groups excluding carboxylic acids is 9. The summed E-state index contributed by atoms with van der Waals surface area (Å²) in [5, 5.41) is 24.9. The first kappa shape index (κ1) is 48.5. The maximum atomic E-state index is 13.9. The Balaban J connectivity index is 2.34. The lowest BCUT2D eigenvalue weighted by molar-refractivity contribution is -0.135. The number of nitrogens with two attached hydrogens (primary N) is 3. The van der Waals surface area contributed by atoms with Crippen molar-refractivity contribution < 1.29 is 48.3 Å². The van der Waals surface area contributed by atoms with E-state index >= 15 is 0 Å². The molecule has 1 aliphatic rings. The third-order valence-corrected chi connectivity index (χ3v) is 9.54. The Morgan fingerprint density at radius 2 is 1.31 bits per heavy atom. The SMILES string of the molecule is CC(=O)N[C@@H](CO)C(=O)N[C@@H](CCC(N)=O)C(=O)N[C@@H](CC(N)=O)C(=O)NC(Cc1ccccc1)CN1CCC[C@H]1C(=O)N[C@H](C(=O)N[C@H](C(N)=O)C(C)C)C(C)C. The third kappa shape index (κ3) is 16.1. The molecule has 0 bridgehead atoms. The number of nitrogens with zero attached hydrogens (tertiary/aromatic N) is 1. The molecule has 1 heterocycles. The summed E-state index contributed by atoms with van der Waals surface area (Å²) in [5.41, 5.74) is 17.1. The van der Waals surface area contributed by atoms with E-state index in [9.17, 15) is 48.3 Å². The molecule has 0 radical (unpaired) electrons. The number of carbonyl (C=O) groups is 9. The first-order valence-electron chi connectivity index (χ1n) is 19.3. The van der Waals surface area contributed by atoms with Crippen LogP contribution in [0.3, 0.4) is 0 Å². The lowest BCUT2D eigenvalue weighted by Crippen LogP contribution is -2.60. The van der Waals surface area contributed by atoms with Crippen molar-refractivity contribution in [3.63, 3.8) is 0 Å². The zero-order chi connectivity index (χ0) is 43.7. The van der Waals surface area contributed by atoms with Gasteiger partial charge in [0, 0.05) is 25.9 Å². The first-order valence-corrected chi connectivity index (χ1v) is 19.3. The molecular formula is C38H60N10O10. The van der Waals surface area contributed by atoms with Gasteiger partial charge in [-0.05, 0) is 49.6 Å². The Hall–Kier alpha value is -5.63. The summed E-state index contributed by atoms with van der Waals surface area (Å²) in [6.45, 7) is 7.88. The summed E-state index contributed by atoms with van der Waals surface area (Å²) in [7, 11) is 0. The van der Waals surface area contributed by atoms with E-state index in [1.54, 1.807) is 27.7 Å². The standard InChI is InChI=1S/C38H60N10O10/c1-20(2)31(33(41)53)46-38(58)32(21(3)4)47-37(57)28-12-9-15-48(28)18-24(16-23-10-7-6-8-11-23)43-35(55)26(17-30(40)52)45-34(54)25(13-14-29(39)51)44-36(56)27(19-49)42-22(5)50/h6-8,10-11,20-21,24-28,31-32,49H,9,12-19H2,1-5H3,(H2,39,51)(H2,40,52)(H2,41,53)(H,42,50)(H,43,55)(H,44,56)(H,45,54)(H,46,58)(H,47,57)/t24?,25-,26-,27-,28-,31-,32-/m0/s1. The van der Waals surface area contributed by atoms with Gasteiger partial charge in [0.15, 0.2) is 0 Å². The van der Waals surface area contributed by atoms with Crippen LogP contribution >= 0.6 is 0 Å². The highest BCUT2D eigenvalue weighted by Gasteiger charge is 2.37. The highest BCUT2D eigenvalue weighted by Crippen LogP contribution is 2.20. The minimum Gasteiger partial charge on any atom is -0.394 e. The van der Waals surface area contributed by atoms with Crippen molar-refractivity contribution in [2.24, 2.45) is 29.0 Å². The molecule has 0 aromatic heterocycles. The van der Waals surface area contributed by atoms with E-state index < -0.39 is 108 Å². The van der Waals surface area contributed by atoms with Gasteiger partial charge in [-0.1, -0.05) is 58.0 Å². The lowest BCUT2D eigenvalue weighted by atomic mass is 9.99. The van der Waals surface area contributed by atoms with E-state index in [0.29, 0.717) is 19.4 Å². The summed E-state index contributed by atoms with van der Waals surface area (Å²) in [6, 6.07) is 1.32. The van der Waals surface area contributed by atoms with Crippen LogP contribution in [-0.4, -0.2) is 125 Å². The summed E-state index contributed by atoms with van der Waals surface area (Å²) >= 11 is 0. The maximum Gasteiger partial charge on any atom is 0.245 e. The molecule has 9 amide bonds. The number of aliphatic hydroxyl groups excluding tert-OH is 1. The van der Waals surface area contributed by atoms with Crippen LogP contribution in [0.5, 0.6) is 0 Å². The topological polar surface area (TPSA) is 327 Å². The number of hydrogen-bond acceptors (Lipinski definition) is 11. The fourth-order valence-electron chi connectivity index (χ4n) is 6.53. The van der Waals surface area contributed by atoms with Gasteiger partial charge >= 0.3 is 0 Å². The van der Waals surface area contributed by atoms with Gasteiger partial charge in [-0.15, -0.1) is 0 Å². The van der Waals surface area contributed by atoms with Gasteiger partial charge in [-0.2, -0.15) is 0 Å². The van der Waals surface area contributed by atoms with Crippen molar-refractivity contribution in [3.05, 3.63) is 35.9 Å². The average molecular weight is 817 g/mol. The van der Waals surface area contributed by atoms with Gasteiger partial charge < -0.3 is 54.2 Å². The fourth-order valence-corrected chi connectivity index (χ4v) is 6.53. The summed E-state index contributed by atoms with van der Waals surface area (Å²) in [6.07, 6.45) is -0.0208. The number of amides is 9. The highest BCUT2D eigenvalue weighted by molar-refractivity contribution is 5.96. The number of aliphatic hydroxyl groups is 1. The predicted octanol–water partition coefficient (Wildman–Crippen LogP) is -3.45. The Morgan fingerprint density at radius 1 is 0.724 bits per heavy atom. The molecule has 1 unspecified atom stereocenters. The van der Waals surface area contributed by atoms with Gasteiger partial charge in [-0.3, -0.25) is 48.1 Å². The lowest BCUT2D eigenvalue weighted by Gasteiger charge is -2.32. The Bertz CT molecular complexity index is 1630. The van der Waals surface area contributed by atoms with E-state index in [0.717, 1.165) is 12.5 Å². The number of primary amides is 3. The molecule has 0 saturated carbocycles. The second kappa shape index (κ2) is 23.6. The van der Waals surface area contributed by atoms with Crippen LogP contribution in [0.4, 0.5) is 0 Å². The van der Waals surface area contributed by atoms with Crippen molar-refractivity contribution >= 4 is 53.2 Å². The van der Waals surface area contributed by atoms with Crippen LogP contribution in [0.1, 0.15) is 72.3 Å². The summed E-state index contributed by atoms with van der Waals surface area (Å²) in [4.78, 5) is 116. The molecule has 322 valence electrons. The first-order chi connectivity index (χ1) is 27.2. The molecule has 20 nitrogen and oxygen atoms in total. The smallest absolute Gasteiger partial charge is 0.245 e. The molecule has 1 saturated heterocycles. The third-order valence-electron chi connectivity index (χ3n) is 9.54. The summed E-state index contributed by atoms with van der Waals surface area (Å²) in [5.74, 6) is -7.46. The van der Waals surface area contributed by atoms with Crippen LogP contribution in [-0.2, 0) is 49.6 Å². The average Bonchev–Trinajstić information content (AvgIpc) is 3.60. The normalized spacial score (nSPS) is 17.1. The van der Waals surface area contributed by atoms with Gasteiger partial charge in [0.1, 0.15) is 30.2 Å². The van der Waals surface area contributed by atoms with Crippen molar-refractivity contribution in [2.75, 3.05) is 19.7 Å². The molecule has 58 heavy (non-hydrogen) atoms. The van der Waals surface area contributed by atoms with Gasteiger partial charge in [0.05, 0.1) is 19.1 Å². The number of benzene rings is 1. The molecule has 7 atom stereocenters. The minimum atomic E-state index is -1.56. The molecule has 13 N–H and O–H groups in total. The highest BCUT2D eigenvalue weighted by atomic mass is 16.3. The van der Waals surface area contributed by atoms with Crippen LogP contribution in [0, 0.1) is 11.8 Å². The molecule has 0 spiro atoms. The largest absolute Gasteiger partial charge is 0.394 e. The molecule has 20 heteroatoms. The number of nitrogens with one attached hydrogen (secondary N) is 6. The van der Waals surface area contributed by atoms with Crippen molar-refractivity contribution in [1.29, 1.82) is 0 Å². The van der Waals surface area contributed by atoms with E-state index in [2.05, 4.69) is 31.9 Å². The second-order valence-corrected chi connectivity index (χ2v) is 15.1. The van der Waals surface area contributed by atoms with Gasteiger partial charge in [0.2, 0.25) is 53.2 Å². The molecule has 0 aliphatic carbocycles. The predicted molar refractivity (Wildman–Crippen MR) is 210 cm³/mol. The molecule has 1 fully saturated rings. The maximum absolute atomic E-state index is 13.9. The quantitative estimate of drug-likeness (QED) is 0.0489. The number of likely N-dealkylation sites (tertiary alicyclic amines) is 1. The Labute approximate surface area is 337 Å². The van der Waals surface area contributed by atoms with E-state index in [-0.39, 0.29) is 37.6 Å². The molecule has 1 aromatic carbocycles. The van der Waals surface area contributed by atoms with Crippen LogP contribution in [0.25, 0.3) is 0 Å². The number of rotatable bonds is 24. The fraction of sp³-hybridized carbons (Fsp3) is 0.605. The molecule has 1 aromatic rings. The Kier molecular flexibility index (Phi) is 19.7. The minimum absolute atomic E-state index is 0.134. The molecular weight excluding hydrogens is 756 g/mol. The van der Waals surface area contributed by atoms with E-state index in [1.807, 2.05) is 35.2 Å². The zero-order valence-corrected chi connectivity index (χ0v) is 33.7. The number of hydrogen-bond donors (Lipinski definition) is 10. The van der Waals surface area contributed by atoms with Crippen LogP contribution in [0.15, 0.2) is 30.3 Å².